The zero-order valence-electron chi connectivity index (χ0n) is 15.2. The van der Waals surface area contributed by atoms with Crippen molar-refractivity contribution in [2.45, 2.75) is 37.3 Å². The molecule has 1 atom stereocenters. The van der Waals surface area contributed by atoms with Crippen LogP contribution in [0.4, 0.5) is 0 Å². The van der Waals surface area contributed by atoms with Crippen molar-refractivity contribution in [3.05, 3.63) is 54.1 Å². The van der Waals surface area contributed by atoms with Crippen LogP contribution in [0.1, 0.15) is 19.4 Å². The smallest absolute Gasteiger partial charge is 0.233 e. The van der Waals surface area contributed by atoms with Gasteiger partial charge < -0.3 is 14.6 Å². The maximum Gasteiger partial charge on any atom is 0.233 e. The molecule has 1 heterocycles. The van der Waals surface area contributed by atoms with Crippen molar-refractivity contribution in [2.24, 2.45) is 0 Å². The van der Waals surface area contributed by atoms with Gasteiger partial charge in [-0.2, -0.15) is 0 Å². The minimum absolute atomic E-state index is 0.000488. The maximum absolute atomic E-state index is 12.5. The topological polar surface area (TPSA) is 56.2 Å². The number of thioether (sulfide) groups is 1. The normalized spacial score (nSPS) is 12.1. The molecule has 2 aromatic carbocycles. The highest BCUT2D eigenvalue weighted by Crippen LogP contribution is 2.27. The summed E-state index contributed by atoms with van der Waals surface area (Å²) in [5.41, 5.74) is 3.10. The number of carbonyl (C=O) groups excluding carboxylic acids is 1. The fourth-order valence-corrected chi connectivity index (χ4v) is 3.75. The monoisotopic (exact) mass is 369 g/mol. The molecule has 26 heavy (non-hydrogen) atoms. The Bertz CT molecular complexity index is 890. The standard InChI is InChI=1S/C20H23N3O2S/c1-4-23-18-8-6-5-7-17(18)22-20(23)26-14(2)19(24)21-13-15-9-11-16(25-3)12-10-15/h5-12,14H,4,13H2,1-3H3,(H,21,24). The van der Waals surface area contributed by atoms with E-state index in [4.69, 9.17) is 4.74 Å². The van der Waals surface area contributed by atoms with Gasteiger partial charge in [0.05, 0.1) is 23.4 Å². The fourth-order valence-electron chi connectivity index (χ4n) is 2.74. The predicted molar refractivity (Wildman–Crippen MR) is 106 cm³/mol. The van der Waals surface area contributed by atoms with Gasteiger partial charge in [0.25, 0.3) is 0 Å². The summed E-state index contributed by atoms with van der Waals surface area (Å²) in [7, 11) is 1.64. The van der Waals surface area contributed by atoms with Gasteiger partial charge >= 0.3 is 0 Å². The third-order valence-corrected chi connectivity index (χ3v) is 5.30. The Kier molecular flexibility index (Phi) is 5.83. The first-order valence-corrected chi connectivity index (χ1v) is 9.53. The second kappa shape index (κ2) is 8.27. The maximum atomic E-state index is 12.5. The number of ether oxygens (including phenoxy) is 1. The van der Waals surface area contributed by atoms with E-state index in [9.17, 15) is 4.79 Å². The number of para-hydroxylation sites is 2. The number of methoxy groups -OCH3 is 1. The number of rotatable bonds is 7. The third kappa shape index (κ3) is 4.02. The summed E-state index contributed by atoms with van der Waals surface area (Å²) in [4.78, 5) is 17.1. The summed E-state index contributed by atoms with van der Waals surface area (Å²) in [6.07, 6.45) is 0. The molecule has 0 radical (unpaired) electrons. The molecule has 3 rings (SSSR count). The molecule has 0 fully saturated rings. The molecular weight excluding hydrogens is 346 g/mol. The molecule has 1 amide bonds. The Balaban J connectivity index is 1.63. The number of nitrogens with zero attached hydrogens (tertiary/aromatic N) is 2. The molecule has 0 aliphatic heterocycles. The summed E-state index contributed by atoms with van der Waals surface area (Å²) in [6.45, 7) is 5.32. The number of fused-ring (bicyclic) bond motifs is 1. The van der Waals surface area contributed by atoms with Crippen LogP contribution in [0.2, 0.25) is 0 Å². The predicted octanol–water partition coefficient (Wildman–Crippen LogP) is 3.86. The summed E-state index contributed by atoms with van der Waals surface area (Å²) in [6, 6.07) is 15.7. The summed E-state index contributed by atoms with van der Waals surface area (Å²) in [5.74, 6) is 0.808. The molecule has 0 saturated carbocycles. The van der Waals surface area contributed by atoms with Crippen molar-refractivity contribution >= 4 is 28.7 Å². The van der Waals surface area contributed by atoms with E-state index in [1.165, 1.54) is 11.8 Å². The molecule has 1 aromatic heterocycles. The van der Waals surface area contributed by atoms with Crippen molar-refractivity contribution in [1.29, 1.82) is 0 Å². The molecule has 6 heteroatoms. The number of carbonyl (C=O) groups is 1. The van der Waals surface area contributed by atoms with Crippen molar-refractivity contribution in [3.63, 3.8) is 0 Å². The summed E-state index contributed by atoms with van der Waals surface area (Å²) < 4.78 is 7.29. The lowest BCUT2D eigenvalue weighted by Crippen LogP contribution is -2.30. The van der Waals surface area contributed by atoms with Gasteiger partial charge in [0.15, 0.2) is 5.16 Å². The average molecular weight is 369 g/mol. The Labute approximate surface area is 157 Å². The Hall–Kier alpha value is -2.47. The lowest BCUT2D eigenvalue weighted by Gasteiger charge is -2.13. The van der Waals surface area contributed by atoms with Gasteiger partial charge in [0, 0.05) is 13.1 Å². The van der Waals surface area contributed by atoms with Crippen LogP contribution < -0.4 is 10.1 Å². The third-order valence-electron chi connectivity index (χ3n) is 4.21. The van der Waals surface area contributed by atoms with E-state index in [-0.39, 0.29) is 11.2 Å². The number of aromatic nitrogens is 2. The Morgan fingerprint density at radius 3 is 2.65 bits per heavy atom. The number of amides is 1. The summed E-state index contributed by atoms with van der Waals surface area (Å²) in [5, 5.41) is 3.64. The number of nitrogens with one attached hydrogen (secondary N) is 1. The zero-order valence-corrected chi connectivity index (χ0v) is 16.0. The van der Waals surface area contributed by atoms with Gasteiger partial charge in [0.2, 0.25) is 5.91 Å². The minimum Gasteiger partial charge on any atom is -0.497 e. The molecule has 0 spiro atoms. The minimum atomic E-state index is -0.227. The van der Waals surface area contributed by atoms with Crippen molar-refractivity contribution in [1.82, 2.24) is 14.9 Å². The molecule has 0 bridgehead atoms. The molecule has 5 nitrogen and oxygen atoms in total. The average Bonchev–Trinajstić information content (AvgIpc) is 3.03. The van der Waals surface area contributed by atoms with Crippen LogP contribution in [0, 0.1) is 0 Å². The van der Waals surface area contributed by atoms with Crippen LogP contribution in [0.3, 0.4) is 0 Å². The number of hydrogen-bond acceptors (Lipinski definition) is 4. The first-order chi connectivity index (χ1) is 12.6. The van der Waals surface area contributed by atoms with E-state index in [0.717, 1.165) is 34.0 Å². The van der Waals surface area contributed by atoms with Gasteiger partial charge in [-0.05, 0) is 43.7 Å². The Morgan fingerprint density at radius 2 is 1.96 bits per heavy atom. The first kappa shape index (κ1) is 18.3. The zero-order chi connectivity index (χ0) is 18.5. The van der Waals surface area contributed by atoms with Crippen molar-refractivity contribution in [2.75, 3.05) is 7.11 Å². The highest BCUT2D eigenvalue weighted by molar-refractivity contribution is 8.00. The van der Waals surface area contributed by atoms with E-state index in [1.807, 2.05) is 49.4 Å². The van der Waals surface area contributed by atoms with Gasteiger partial charge in [-0.25, -0.2) is 4.98 Å². The van der Waals surface area contributed by atoms with Crippen molar-refractivity contribution < 1.29 is 9.53 Å². The molecular formula is C20H23N3O2S. The lowest BCUT2D eigenvalue weighted by atomic mass is 10.2. The number of benzene rings is 2. The highest BCUT2D eigenvalue weighted by Gasteiger charge is 2.18. The van der Waals surface area contributed by atoms with Crippen LogP contribution in [-0.2, 0) is 17.9 Å². The fraction of sp³-hybridized carbons (Fsp3) is 0.300. The van der Waals surface area contributed by atoms with E-state index in [2.05, 4.69) is 27.9 Å². The second-order valence-corrected chi connectivity index (χ2v) is 7.26. The molecule has 1 N–H and O–H groups in total. The molecule has 136 valence electrons. The number of aryl methyl sites for hydroxylation is 1. The van der Waals surface area contributed by atoms with E-state index in [1.54, 1.807) is 7.11 Å². The number of hydrogen-bond donors (Lipinski definition) is 1. The second-order valence-electron chi connectivity index (χ2n) is 5.95. The summed E-state index contributed by atoms with van der Waals surface area (Å²) >= 11 is 1.49. The number of imidazole rings is 1. The Morgan fingerprint density at radius 1 is 1.23 bits per heavy atom. The molecule has 0 saturated heterocycles. The van der Waals surface area contributed by atoms with Crippen LogP contribution >= 0.6 is 11.8 Å². The van der Waals surface area contributed by atoms with Crippen LogP contribution in [0.25, 0.3) is 11.0 Å². The SMILES string of the molecule is CCn1c(SC(C)C(=O)NCc2ccc(OC)cc2)nc2ccccc21. The van der Waals surface area contributed by atoms with Crippen LogP contribution in [-0.4, -0.2) is 27.8 Å². The van der Waals surface area contributed by atoms with Gasteiger partial charge in [-0.1, -0.05) is 36.0 Å². The molecule has 3 aromatic rings. The van der Waals surface area contributed by atoms with E-state index in [0.29, 0.717) is 6.54 Å². The van der Waals surface area contributed by atoms with Gasteiger partial charge in [-0.15, -0.1) is 0 Å². The quantitative estimate of drug-likeness (QED) is 0.643. The van der Waals surface area contributed by atoms with Crippen LogP contribution in [0.15, 0.2) is 53.7 Å². The van der Waals surface area contributed by atoms with Crippen LogP contribution in [0.5, 0.6) is 5.75 Å². The lowest BCUT2D eigenvalue weighted by molar-refractivity contribution is -0.120. The van der Waals surface area contributed by atoms with E-state index < -0.39 is 0 Å². The highest BCUT2D eigenvalue weighted by atomic mass is 32.2. The molecule has 0 aliphatic rings. The first-order valence-electron chi connectivity index (χ1n) is 8.65. The van der Waals surface area contributed by atoms with E-state index >= 15 is 0 Å². The largest absolute Gasteiger partial charge is 0.497 e. The van der Waals surface area contributed by atoms with Crippen molar-refractivity contribution in [3.8, 4) is 5.75 Å². The van der Waals surface area contributed by atoms with Gasteiger partial charge in [0.1, 0.15) is 5.75 Å². The molecule has 1 unspecified atom stereocenters. The van der Waals surface area contributed by atoms with Gasteiger partial charge in [-0.3, -0.25) is 4.79 Å². The molecule has 0 aliphatic carbocycles.